The number of carbonyl (C=O) groups is 1. The van der Waals surface area contributed by atoms with Crippen LogP contribution < -0.4 is 0 Å². The van der Waals surface area contributed by atoms with Crippen LogP contribution in [0.4, 0.5) is 4.39 Å². The number of hydrogen-bond acceptors (Lipinski definition) is 3. The lowest BCUT2D eigenvalue weighted by molar-refractivity contribution is 0.0528. The van der Waals surface area contributed by atoms with Crippen LogP contribution in [0.3, 0.4) is 0 Å². The first-order valence-corrected chi connectivity index (χ1v) is 8.60. The van der Waals surface area contributed by atoms with Gasteiger partial charge in [-0.2, -0.15) is 0 Å². The second-order valence-corrected chi connectivity index (χ2v) is 5.98. The molecule has 0 aliphatic carbocycles. The Kier molecular flexibility index (Phi) is 5.49. The SMILES string of the molecule is CCOC(=O)c1cccc2oc(CCCCc3ccc(F)cc3)cc12. The standard InChI is InChI=1S/C21H21FO3/c1-2-24-21(23)18-8-5-9-20-19(18)14-17(25-20)7-4-3-6-15-10-12-16(22)13-11-15/h5,8-14H,2-4,6-7H2,1H3. The summed E-state index contributed by atoms with van der Waals surface area (Å²) in [6.45, 7) is 2.14. The summed E-state index contributed by atoms with van der Waals surface area (Å²) in [6, 6.07) is 14.0. The first-order valence-electron chi connectivity index (χ1n) is 8.60. The lowest BCUT2D eigenvalue weighted by atomic mass is 10.1. The minimum atomic E-state index is -0.322. The van der Waals surface area contributed by atoms with Gasteiger partial charge in [-0.15, -0.1) is 0 Å². The molecule has 2 aromatic carbocycles. The van der Waals surface area contributed by atoms with Crippen molar-refractivity contribution in [2.24, 2.45) is 0 Å². The monoisotopic (exact) mass is 340 g/mol. The molecule has 25 heavy (non-hydrogen) atoms. The average Bonchev–Trinajstić information content (AvgIpc) is 3.03. The van der Waals surface area contributed by atoms with E-state index in [0.717, 1.165) is 42.4 Å². The fraction of sp³-hybridized carbons (Fsp3) is 0.286. The van der Waals surface area contributed by atoms with Gasteiger partial charge in [0.25, 0.3) is 0 Å². The third kappa shape index (κ3) is 4.27. The van der Waals surface area contributed by atoms with Crippen LogP contribution in [0.5, 0.6) is 0 Å². The summed E-state index contributed by atoms with van der Waals surface area (Å²) in [5.41, 5.74) is 2.38. The number of ether oxygens (including phenoxy) is 1. The lowest BCUT2D eigenvalue weighted by Crippen LogP contribution is -2.04. The number of esters is 1. The van der Waals surface area contributed by atoms with Gasteiger partial charge < -0.3 is 9.15 Å². The van der Waals surface area contributed by atoms with Gasteiger partial charge in [-0.3, -0.25) is 0 Å². The van der Waals surface area contributed by atoms with Crippen molar-refractivity contribution in [2.75, 3.05) is 6.61 Å². The highest BCUT2D eigenvalue weighted by Crippen LogP contribution is 2.25. The molecule has 0 radical (unpaired) electrons. The molecule has 0 fully saturated rings. The molecule has 0 aliphatic heterocycles. The Balaban J connectivity index is 1.61. The summed E-state index contributed by atoms with van der Waals surface area (Å²) in [5.74, 6) is 0.339. The third-order valence-corrected chi connectivity index (χ3v) is 4.16. The molecule has 0 saturated carbocycles. The Bertz CT molecular complexity index is 849. The van der Waals surface area contributed by atoms with Crippen LogP contribution in [0.15, 0.2) is 52.9 Å². The van der Waals surface area contributed by atoms with E-state index in [1.165, 1.54) is 12.1 Å². The molecule has 3 aromatic rings. The van der Waals surface area contributed by atoms with E-state index in [-0.39, 0.29) is 11.8 Å². The first kappa shape index (κ1) is 17.2. The Morgan fingerprint density at radius 2 is 1.84 bits per heavy atom. The van der Waals surface area contributed by atoms with Crippen LogP contribution in [0, 0.1) is 5.82 Å². The number of aryl methyl sites for hydroxylation is 2. The van der Waals surface area contributed by atoms with E-state index in [1.54, 1.807) is 19.1 Å². The second kappa shape index (κ2) is 7.97. The van der Waals surface area contributed by atoms with Gasteiger partial charge in [0.05, 0.1) is 12.2 Å². The number of rotatable bonds is 7. The van der Waals surface area contributed by atoms with Crippen LogP contribution in [-0.2, 0) is 17.6 Å². The molecule has 0 aliphatic rings. The van der Waals surface area contributed by atoms with Crippen molar-refractivity contribution in [3.8, 4) is 0 Å². The van der Waals surface area contributed by atoms with Gasteiger partial charge in [0, 0.05) is 11.8 Å². The molecule has 0 unspecified atom stereocenters. The van der Waals surface area contributed by atoms with Crippen molar-refractivity contribution in [1.82, 2.24) is 0 Å². The summed E-state index contributed by atoms with van der Waals surface area (Å²) in [7, 11) is 0. The summed E-state index contributed by atoms with van der Waals surface area (Å²) in [5, 5.41) is 0.800. The maximum atomic E-state index is 12.9. The first-order chi connectivity index (χ1) is 12.2. The van der Waals surface area contributed by atoms with Crippen molar-refractivity contribution in [3.63, 3.8) is 0 Å². The molecule has 0 atom stereocenters. The summed E-state index contributed by atoms with van der Waals surface area (Å²) in [6.07, 6.45) is 3.67. The Labute approximate surface area is 146 Å². The molecule has 0 spiro atoms. The van der Waals surface area contributed by atoms with Gasteiger partial charge in [0.15, 0.2) is 0 Å². The Hall–Kier alpha value is -2.62. The van der Waals surface area contributed by atoms with Crippen LogP contribution in [-0.4, -0.2) is 12.6 Å². The van der Waals surface area contributed by atoms with Crippen molar-refractivity contribution < 1.29 is 18.3 Å². The number of hydrogen-bond donors (Lipinski definition) is 0. The molecular weight excluding hydrogens is 319 g/mol. The minimum absolute atomic E-state index is 0.205. The van der Waals surface area contributed by atoms with Gasteiger partial charge in [0.2, 0.25) is 0 Å². The molecule has 0 amide bonds. The van der Waals surface area contributed by atoms with Crippen molar-refractivity contribution in [2.45, 2.75) is 32.6 Å². The minimum Gasteiger partial charge on any atom is -0.462 e. The number of fused-ring (bicyclic) bond motifs is 1. The maximum absolute atomic E-state index is 12.9. The molecule has 3 nitrogen and oxygen atoms in total. The predicted molar refractivity (Wildman–Crippen MR) is 95.2 cm³/mol. The number of benzene rings is 2. The molecule has 130 valence electrons. The van der Waals surface area contributed by atoms with E-state index >= 15 is 0 Å². The topological polar surface area (TPSA) is 39.4 Å². The van der Waals surface area contributed by atoms with E-state index in [9.17, 15) is 9.18 Å². The third-order valence-electron chi connectivity index (χ3n) is 4.16. The normalized spacial score (nSPS) is 11.0. The number of furan rings is 1. The highest BCUT2D eigenvalue weighted by atomic mass is 19.1. The van der Waals surface area contributed by atoms with E-state index in [4.69, 9.17) is 9.15 Å². The molecule has 0 saturated heterocycles. The van der Waals surface area contributed by atoms with E-state index < -0.39 is 0 Å². The van der Waals surface area contributed by atoms with E-state index in [2.05, 4.69) is 0 Å². The number of carbonyl (C=O) groups excluding carboxylic acids is 1. The molecule has 4 heteroatoms. The zero-order valence-corrected chi connectivity index (χ0v) is 14.3. The molecule has 1 aromatic heterocycles. The maximum Gasteiger partial charge on any atom is 0.338 e. The van der Waals surface area contributed by atoms with Crippen molar-refractivity contribution in [3.05, 3.63) is 71.2 Å². The highest BCUT2D eigenvalue weighted by Gasteiger charge is 2.14. The van der Waals surface area contributed by atoms with Crippen LogP contribution >= 0.6 is 0 Å². The van der Waals surface area contributed by atoms with Gasteiger partial charge in [-0.1, -0.05) is 18.2 Å². The largest absolute Gasteiger partial charge is 0.462 e. The fourth-order valence-corrected chi connectivity index (χ4v) is 2.90. The number of halogens is 1. The fourth-order valence-electron chi connectivity index (χ4n) is 2.90. The quantitative estimate of drug-likeness (QED) is 0.432. The average molecular weight is 340 g/mol. The summed E-state index contributed by atoms with van der Waals surface area (Å²) >= 11 is 0. The zero-order valence-electron chi connectivity index (χ0n) is 14.3. The smallest absolute Gasteiger partial charge is 0.338 e. The van der Waals surface area contributed by atoms with E-state index in [0.29, 0.717) is 17.8 Å². The van der Waals surface area contributed by atoms with Crippen LogP contribution in [0.1, 0.15) is 41.4 Å². The van der Waals surface area contributed by atoms with Crippen LogP contribution in [0.2, 0.25) is 0 Å². The van der Waals surface area contributed by atoms with Gasteiger partial charge in [-0.05, 0) is 62.1 Å². The molecule has 3 rings (SSSR count). The molecule has 1 heterocycles. The molecule has 0 bridgehead atoms. The van der Waals surface area contributed by atoms with E-state index in [1.807, 2.05) is 24.3 Å². The lowest BCUT2D eigenvalue weighted by Gasteiger charge is -2.01. The van der Waals surface area contributed by atoms with Crippen molar-refractivity contribution >= 4 is 16.9 Å². The Morgan fingerprint density at radius 3 is 2.60 bits per heavy atom. The van der Waals surface area contributed by atoms with Gasteiger partial charge in [-0.25, -0.2) is 9.18 Å². The van der Waals surface area contributed by atoms with Crippen LogP contribution in [0.25, 0.3) is 11.0 Å². The number of unbranched alkanes of at least 4 members (excludes halogenated alkanes) is 1. The van der Waals surface area contributed by atoms with Gasteiger partial charge >= 0.3 is 5.97 Å². The second-order valence-electron chi connectivity index (χ2n) is 5.98. The summed E-state index contributed by atoms with van der Waals surface area (Å²) < 4.78 is 23.8. The highest BCUT2D eigenvalue weighted by molar-refractivity contribution is 6.03. The van der Waals surface area contributed by atoms with Gasteiger partial charge in [0.1, 0.15) is 17.2 Å². The zero-order chi connectivity index (χ0) is 17.6. The predicted octanol–water partition coefficient (Wildman–Crippen LogP) is 5.31. The molecule has 0 N–H and O–H groups in total. The molecular formula is C21H21FO3. The Morgan fingerprint density at radius 1 is 1.08 bits per heavy atom. The van der Waals surface area contributed by atoms with Crippen molar-refractivity contribution in [1.29, 1.82) is 0 Å². The summed E-state index contributed by atoms with van der Waals surface area (Å²) in [4.78, 5) is 12.0.